The normalized spacial score (nSPS) is 22.1. The SMILES string of the molecule is FC(F)(F)c1ccc([C@H]2CCCNC2)cc1. The molecule has 1 saturated heterocycles. The van der Waals surface area contributed by atoms with E-state index in [1.807, 2.05) is 0 Å². The van der Waals surface area contributed by atoms with E-state index in [4.69, 9.17) is 0 Å². The van der Waals surface area contributed by atoms with Gasteiger partial charge >= 0.3 is 6.18 Å². The highest BCUT2D eigenvalue weighted by molar-refractivity contribution is 5.27. The molecule has 88 valence electrons. The third-order valence-corrected chi connectivity index (χ3v) is 3.01. The van der Waals surface area contributed by atoms with E-state index in [2.05, 4.69) is 5.32 Å². The maximum atomic E-state index is 12.3. The first kappa shape index (κ1) is 11.5. The molecule has 1 heterocycles. The number of hydrogen-bond donors (Lipinski definition) is 1. The zero-order valence-corrected chi connectivity index (χ0v) is 8.85. The largest absolute Gasteiger partial charge is 0.416 e. The van der Waals surface area contributed by atoms with Gasteiger partial charge in [0.2, 0.25) is 0 Å². The summed E-state index contributed by atoms with van der Waals surface area (Å²) in [7, 11) is 0. The van der Waals surface area contributed by atoms with E-state index in [1.54, 1.807) is 12.1 Å². The zero-order valence-electron chi connectivity index (χ0n) is 8.85. The summed E-state index contributed by atoms with van der Waals surface area (Å²) < 4.78 is 37.0. The van der Waals surface area contributed by atoms with Crippen molar-refractivity contribution in [3.63, 3.8) is 0 Å². The van der Waals surface area contributed by atoms with Crippen LogP contribution in [0.25, 0.3) is 0 Å². The molecule has 0 spiro atoms. The van der Waals surface area contributed by atoms with Crippen LogP contribution in [0.4, 0.5) is 13.2 Å². The first-order chi connectivity index (χ1) is 7.57. The van der Waals surface area contributed by atoms with E-state index >= 15 is 0 Å². The molecule has 0 aliphatic carbocycles. The lowest BCUT2D eigenvalue weighted by molar-refractivity contribution is -0.137. The lowest BCUT2D eigenvalue weighted by Gasteiger charge is -2.23. The summed E-state index contributed by atoms with van der Waals surface area (Å²) >= 11 is 0. The summed E-state index contributed by atoms with van der Waals surface area (Å²) in [6, 6.07) is 5.54. The van der Waals surface area contributed by atoms with Crippen LogP contribution in [0.2, 0.25) is 0 Å². The highest BCUT2D eigenvalue weighted by Gasteiger charge is 2.30. The molecule has 0 radical (unpaired) electrons. The van der Waals surface area contributed by atoms with Gasteiger partial charge < -0.3 is 5.32 Å². The molecule has 4 heteroatoms. The number of nitrogens with one attached hydrogen (secondary N) is 1. The predicted molar refractivity (Wildman–Crippen MR) is 56.3 cm³/mol. The monoisotopic (exact) mass is 229 g/mol. The minimum absolute atomic E-state index is 0.357. The van der Waals surface area contributed by atoms with Crippen LogP contribution in [-0.4, -0.2) is 13.1 Å². The fourth-order valence-electron chi connectivity index (χ4n) is 2.08. The van der Waals surface area contributed by atoms with Gasteiger partial charge in [-0.05, 0) is 43.0 Å². The van der Waals surface area contributed by atoms with Gasteiger partial charge in [0, 0.05) is 6.54 Å². The van der Waals surface area contributed by atoms with E-state index in [-0.39, 0.29) is 0 Å². The highest BCUT2D eigenvalue weighted by Crippen LogP contribution is 2.31. The minimum Gasteiger partial charge on any atom is -0.316 e. The van der Waals surface area contributed by atoms with Crippen molar-refractivity contribution < 1.29 is 13.2 Å². The van der Waals surface area contributed by atoms with Crippen molar-refractivity contribution in [2.45, 2.75) is 24.9 Å². The first-order valence-corrected chi connectivity index (χ1v) is 5.45. The van der Waals surface area contributed by atoms with Crippen molar-refractivity contribution in [1.29, 1.82) is 0 Å². The maximum Gasteiger partial charge on any atom is 0.416 e. The maximum absolute atomic E-state index is 12.3. The van der Waals surface area contributed by atoms with Gasteiger partial charge in [0.05, 0.1) is 5.56 Å². The summed E-state index contributed by atoms with van der Waals surface area (Å²) in [6.45, 7) is 1.88. The van der Waals surface area contributed by atoms with Gasteiger partial charge in [-0.25, -0.2) is 0 Å². The second kappa shape index (κ2) is 4.45. The second-order valence-electron chi connectivity index (χ2n) is 4.16. The predicted octanol–water partition coefficient (Wildman–Crippen LogP) is 3.17. The summed E-state index contributed by atoms with van der Waals surface area (Å²) in [6.07, 6.45) is -2.09. The Hall–Kier alpha value is -1.03. The molecule has 16 heavy (non-hydrogen) atoms. The van der Waals surface area contributed by atoms with Crippen molar-refractivity contribution in [2.75, 3.05) is 13.1 Å². The summed E-state index contributed by atoms with van der Waals surface area (Å²) in [5.74, 6) is 0.357. The molecule has 1 aromatic rings. The number of alkyl halides is 3. The molecule has 0 saturated carbocycles. The second-order valence-corrected chi connectivity index (χ2v) is 4.16. The molecular weight excluding hydrogens is 215 g/mol. The number of benzene rings is 1. The Morgan fingerprint density at radius 1 is 1.12 bits per heavy atom. The lowest BCUT2D eigenvalue weighted by atomic mass is 9.91. The van der Waals surface area contributed by atoms with E-state index in [0.717, 1.165) is 31.5 Å². The molecule has 0 unspecified atom stereocenters. The number of piperidine rings is 1. The minimum atomic E-state index is -4.23. The Balaban J connectivity index is 2.12. The molecule has 1 fully saturated rings. The van der Waals surface area contributed by atoms with Crippen molar-refractivity contribution >= 4 is 0 Å². The van der Waals surface area contributed by atoms with E-state index < -0.39 is 11.7 Å². The molecule has 0 aromatic heterocycles. The van der Waals surface area contributed by atoms with Crippen molar-refractivity contribution in [3.8, 4) is 0 Å². The van der Waals surface area contributed by atoms with Crippen LogP contribution in [-0.2, 0) is 6.18 Å². The van der Waals surface area contributed by atoms with E-state index in [0.29, 0.717) is 5.92 Å². The smallest absolute Gasteiger partial charge is 0.316 e. The number of hydrogen-bond acceptors (Lipinski definition) is 1. The van der Waals surface area contributed by atoms with Crippen LogP contribution in [0.1, 0.15) is 29.9 Å². The standard InChI is InChI=1S/C12H14F3N/c13-12(14,15)11-5-3-9(4-6-11)10-2-1-7-16-8-10/h3-6,10,16H,1-2,7-8H2/t10-/m0/s1. The third-order valence-electron chi connectivity index (χ3n) is 3.01. The van der Waals surface area contributed by atoms with Gasteiger partial charge in [-0.15, -0.1) is 0 Å². The van der Waals surface area contributed by atoms with Gasteiger partial charge in [-0.1, -0.05) is 12.1 Å². The van der Waals surface area contributed by atoms with Crippen LogP contribution in [0.15, 0.2) is 24.3 Å². The molecule has 0 bridgehead atoms. The van der Waals surface area contributed by atoms with Gasteiger partial charge in [0.25, 0.3) is 0 Å². The molecule has 1 N–H and O–H groups in total. The Morgan fingerprint density at radius 3 is 2.31 bits per heavy atom. The van der Waals surface area contributed by atoms with Crippen molar-refractivity contribution in [1.82, 2.24) is 5.32 Å². The van der Waals surface area contributed by atoms with Crippen LogP contribution in [0.3, 0.4) is 0 Å². The highest BCUT2D eigenvalue weighted by atomic mass is 19.4. The molecule has 1 aliphatic rings. The Morgan fingerprint density at radius 2 is 1.81 bits per heavy atom. The van der Waals surface area contributed by atoms with Crippen molar-refractivity contribution in [3.05, 3.63) is 35.4 Å². The van der Waals surface area contributed by atoms with Crippen molar-refractivity contribution in [2.24, 2.45) is 0 Å². The average Bonchev–Trinajstić information content (AvgIpc) is 2.29. The Kier molecular flexibility index (Phi) is 3.19. The molecule has 0 amide bonds. The van der Waals surface area contributed by atoms with Gasteiger partial charge in [-0.2, -0.15) is 13.2 Å². The Bertz CT molecular complexity index is 336. The molecule has 1 atom stereocenters. The number of rotatable bonds is 1. The van der Waals surface area contributed by atoms with Crippen LogP contribution < -0.4 is 5.32 Å². The van der Waals surface area contributed by atoms with Crippen LogP contribution in [0.5, 0.6) is 0 Å². The van der Waals surface area contributed by atoms with Gasteiger partial charge in [-0.3, -0.25) is 0 Å². The summed E-state index contributed by atoms with van der Waals surface area (Å²) in [4.78, 5) is 0. The lowest BCUT2D eigenvalue weighted by Crippen LogP contribution is -2.28. The third kappa shape index (κ3) is 2.55. The summed E-state index contributed by atoms with van der Waals surface area (Å²) in [5.41, 5.74) is 0.431. The average molecular weight is 229 g/mol. The van der Waals surface area contributed by atoms with E-state index in [9.17, 15) is 13.2 Å². The molecule has 1 aromatic carbocycles. The molecule has 2 rings (SSSR count). The molecule has 1 nitrogen and oxygen atoms in total. The Labute approximate surface area is 92.7 Å². The van der Waals surface area contributed by atoms with Gasteiger partial charge in [0.15, 0.2) is 0 Å². The quantitative estimate of drug-likeness (QED) is 0.780. The van der Waals surface area contributed by atoms with Gasteiger partial charge in [0.1, 0.15) is 0 Å². The first-order valence-electron chi connectivity index (χ1n) is 5.45. The fourth-order valence-corrected chi connectivity index (χ4v) is 2.08. The fraction of sp³-hybridized carbons (Fsp3) is 0.500. The topological polar surface area (TPSA) is 12.0 Å². The zero-order chi connectivity index (χ0) is 11.6. The van der Waals surface area contributed by atoms with Crippen LogP contribution in [0, 0.1) is 0 Å². The molecular formula is C12H14F3N. The van der Waals surface area contributed by atoms with E-state index in [1.165, 1.54) is 12.1 Å². The number of halogens is 3. The van der Waals surface area contributed by atoms with Crippen LogP contribution >= 0.6 is 0 Å². The molecule has 1 aliphatic heterocycles. The summed E-state index contributed by atoms with van der Waals surface area (Å²) in [5, 5.41) is 3.26.